The second-order valence-corrected chi connectivity index (χ2v) is 9.38. The van der Waals surface area contributed by atoms with Crippen molar-refractivity contribution < 1.29 is 27.0 Å². The van der Waals surface area contributed by atoms with Gasteiger partial charge in [-0.3, -0.25) is 19.1 Å². The highest BCUT2D eigenvalue weighted by Crippen LogP contribution is 2.26. The Kier molecular flexibility index (Phi) is 6.60. The summed E-state index contributed by atoms with van der Waals surface area (Å²) in [6.45, 7) is 0.0879. The van der Waals surface area contributed by atoms with E-state index in [9.17, 15) is 22.2 Å². The van der Waals surface area contributed by atoms with E-state index >= 15 is 0 Å². The average molecular weight is 469 g/mol. The molecule has 12 heteroatoms. The molecular formula is C20H22F3N5O3S. The maximum Gasteiger partial charge on any atom is 0.401 e. The summed E-state index contributed by atoms with van der Waals surface area (Å²) < 4.78 is 50.3. The SMILES string of the molecule is O=C(NCc1ccc(S(=O)C2CCN(CC(F)(F)F)CC2)cn1)N1Cc2ccncc2O1. The molecule has 0 aliphatic carbocycles. The van der Waals surface area contributed by atoms with Crippen molar-refractivity contribution >= 4 is 16.8 Å². The molecule has 32 heavy (non-hydrogen) atoms. The van der Waals surface area contributed by atoms with Crippen LogP contribution in [0, 0.1) is 0 Å². The van der Waals surface area contributed by atoms with Crippen LogP contribution in [0.15, 0.2) is 41.7 Å². The van der Waals surface area contributed by atoms with Crippen LogP contribution in [0.4, 0.5) is 18.0 Å². The van der Waals surface area contributed by atoms with Crippen LogP contribution in [0.2, 0.25) is 0 Å². The Morgan fingerprint density at radius 2 is 2.00 bits per heavy atom. The molecule has 0 bridgehead atoms. The summed E-state index contributed by atoms with van der Waals surface area (Å²) in [4.78, 5) is 27.8. The molecule has 0 radical (unpaired) electrons. The van der Waals surface area contributed by atoms with Crippen LogP contribution in [-0.4, -0.2) is 61.2 Å². The Labute approximate surface area is 185 Å². The van der Waals surface area contributed by atoms with Gasteiger partial charge in [-0.05, 0) is 44.1 Å². The first-order chi connectivity index (χ1) is 15.3. The number of amides is 2. The highest BCUT2D eigenvalue weighted by Gasteiger charge is 2.34. The van der Waals surface area contributed by atoms with Gasteiger partial charge in [0, 0.05) is 23.2 Å². The Balaban J connectivity index is 1.25. The molecule has 1 saturated heterocycles. The number of urea groups is 1. The zero-order valence-electron chi connectivity index (χ0n) is 17.0. The molecule has 2 aromatic rings. The van der Waals surface area contributed by atoms with Crippen molar-refractivity contribution in [3.8, 4) is 5.75 Å². The van der Waals surface area contributed by atoms with Crippen molar-refractivity contribution in [3.63, 3.8) is 0 Å². The summed E-state index contributed by atoms with van der Waals surface area (Å²) in [5.74, 6) is 0.539. The molecule has 1 fully saturated rings. The Morgan fingerprint density at radius 1 is 1.22 bits per heavy atom. The van der Waals surface area contributed by atoms with Crippen LogP contribution >= 0.6 is 0 Å². The Hall–Kier alpha value is -2.73. The van der Waals surface area contributed by atoms with E-state index in [-0.39, 0.29) is 24.9 Å². The lowest BCUT2D eigenvalue weighted by Gasteiger charge is -2.31. The minimum absolute atomic E-state index is 0.163. The van der Waals surface area contributed by atoms with Gasteiger partial charge in [0.25, 0.3) is 0 Å². The van der Waals surface area contributed by atoms with Crippen molar-refractivity contribution in [1.29, 1.82) is 0 Å². The van der Waals surface area contributed by atoms with E-state index in [0.717, 1.165) is 5.56 Å². The van der Waals surface area contributed by atoms with E-state index in [4.69, 9.17) is 4.84 Å². The number of carbonyl (C=O) groups excluding carboxylic acids is 1. The zero-order chi connectivity index (χ0) is 22.7. The van der Waals surface area contributed by atoms with Gasteiger partial charge in [0.05, 0.1) is 47.2 Å². The first-order valence-corrected chi connectivity index (χ1v) is 11.3. The van der Waals surface area contributed by atoms with Crippen LogP contribution < -0.4 is 10.2 Å². The van der Waals surface area contributed by atoms with Gasteiger partial charge in [-0.1, -0.05) is 0 Å². The number of halogens is 3. The second-order valence-electron chi connectivity index (χ2n) is 7.64. The number of hydroxylamine groups is 2. The minimum atomic E-state index is -4.22. The maximum absolute atomic E-state index is 12.8. The largest absolute Gasteiger partial charge is 0.401 e. The number of piperidine rings is 1. The normalized spacial score (nSPS) is 18.2. The van der Waals surface area contributed by atoms with Gasteiger partial charge >= 0.3 is 12.2 Å². The number of hydrogen-bond donors (Lipinski definition) is 1. The lowest BCUT2D eigenvalue weighted by atomic mass is 10.1. The number of hydrogen-bond acceptors (Lipinski definition) is 6. The number of nitrogens with one attached hydrogen (secondary N) is 1. The van der Waals surface area contributed by atoms with Crippen molar-refractivity contribution in [2.45, 2.75) is 42.3 Å². The van der Waals surface area contributed by atoms with Gasteiger partial charge in [-0.2, -0.15) is 18.2 Å². The third-order valence-corrected chi connectivity index (χ3v) is 7.09. The minimum Gasteiger partial charge on any atom is -0.373 e. The fourth-order valence-electron chi connectivity index (χ4n) is 3.66. The number of likely N-dealkylation sites (tertiary alicyclic amines) is 1. The summed E-state index contributed by atoms with van der Waals surface area (Å²) >= 11 is 0. The van der Waals surface area contributed by atoms with Crippen molar-refractivity contribution in [2.75, 3.05) is 19.6 Å². The molecule has 2 aliphatic rings. The average Bonchev–Trinajstić information content (AvgIpc) is 3.21. The fourth-order valence-corrected chi connectivity index (χ4v) is 5.04. The van der Waals surface area contributed by atoms with Gasteiger partial charge in [-0.25, -0.2) is 4.79 Å². The van der Waals surface area contributed by atoms with Crippen LogP contribution in [0.3, 0.4) is 0 Å². The van der Waals surface area contributed by atoms with Crippen molar-refractivity contribution in [1.82, 2.24) is 25.2 Å². The Bertz CT molecular complexity index is 956. The molecule has 8 nitrogen and oxygen atoms in total. The molecule has 2 aromatic heterocycles. The van der Waals surface area contributed by atoms with E-state index < -0.39 is 29.6 Å². The lowest BCUT2D eigenvalue weighted by molar-refractivity contribution is -0.147. The van der Waals surface area contributed by atoms with Gasteiger partial charge in [-0.15, -0.1) is 0 Å². The predicted molar refractivity (Wildman–Crippen MR) is 109 cm³/mol. The van der Waals surface area contributed by atoms with E-state index in [2.05, 4.69) is 15.3 Å². The van der Waals surface area contributed by atoms with E-state index in [1.807, 2.05) is 0 Å². The molecule has 4 rings (SSSR count). The molecule has 1 unspecified atom stereocenters. The number of nitrogens with zero attached hydrogens (tertiary/aromatic N) is 4. The van der Waals surface area contributed by atoms with E-state index in [0.29, 0.717) is 35.7 Å². The quantitative estimate of drug-likeness (QED) is 0.725. The molecule has 172 valence electrons. The van der Waals surface area contributed by atoms with Crippen LogP contribution in [0.5, 0.6) is 5.75 Å². The number of carbonyl (C=O) groups is 1. The smallest absolute Gasteiger partial charge is 0.373 e. The highest BCUT2D eigenvalue weighted by atomic mass is 32.2. The third-order valence-electron chi connectivity index (χ3n) is 5.31. The van der Waals surface area contributed by atoms with Gasteiger partial charge < -0.3 is 10.2 Å². The summed E-state index contributed by atoms with van der Waals surface area (Å²) in [6.07, 6.45) is 1.33. The van der Waals surface area contributed by atoms with Crippen LogP contribution in [0.1, 0.15) is 24.1 Å². The molecule has 0 aromatic carbocycles. The van der Waals surface area contributed by atoms with Crippen molar-refractivity contribution in [2.24, 2.45) is 0 Å². The standard InChI is InChI=1S/C20H22F3N5O3S/c21-20(22,23)13-27-7-4-16(5-8-27)32(30)17-2-1-15(25-10-17)9-26-19(29)28-12-14-3-6-24-11-18(14)31-28/h1-3,6,10-11,16H,4-5,7-9,12-13H2,(H,26,29). The van der Waals surface area contributed by atoms with Gasteiger partial charge in [0.2, 0.25) is 0 Å². The summed E-state index contributed by atoms with van der Waals surface area (Å²) in [5, 5.41) is 3.71. The van der Waals surface area contributed by atoms with Crippen LogP contribution in [-0.2, 0) is 23.9 Å². The summed E-state index contributed by atoms with van der Waals surface area (Å²) in [7, 11) is -1.35. The molecule has 0 spiro atoms. The highest BCUT2D eigenvalue weighted by molar-refractivity contribution is 7.85. The topological polar surface area (TPSA) is 87.7 Å². The molecular weight excluding hydrogens is 447 g/mol. The second kappa shape index (κ2) is 9.41. The fraction of sp³-hybridized carbons (Fsp3) is 0.450. The van der Waals surface area contributed by atoms with Gasteiger partial charge in [0.15, 0.2) is 5.75 Å². The summed E-state index contributed by atoms with van der Waals surface area (Å²) in [5.41, 5.74) is 1.45. The number of fused-ring (bicyclic) bond motifs is 1. The first-order valence-electron chi connectivity index (χ1n) is 10.1. The first kappa shape index (κ1) is 22.5. The number of aromatic nitrogens is 2. The van der Waals surface area contributed by atoms with E-state index in [1.165, 1.54) is 16.2 Å². The maximum atomic E-state index is 12.8. The number of alkyl halides is 3. The predicted octanol–water partition coefficient (Wildman–Crippen LogP) is 2.63. The number of rotatable bonds is 5. The molecule has 1 atom stereocenters. The molecule has 2 amide bonds. The third kappa shape index (κ3) is 5.54. The number of pyridine rings is 2. The Morgan fingerprint density at radius 3 is 2.66 bits per heavy atom. The summed E-state index contributed by atoms with van der Waals surface area (Å²) in [6, 6.07) is 4.72. The van der Waals surface area contributed by atoms with E-state index in [1.54, 1.807) is 30.6 Å². The lowest BCUT2D eigenvalue weighted by Crippen LogP contribution is -2.42. The van der Waals surface area contributed by atoms with Crippen LogP contribution in [0.25, 0.3) is 0 Å². The molecule has 1 N–H and O–H groups in total. The zero-order valence-corrected chi connectivity index (χ0v) is 17.9. The van der Waals surface area contributed by atoms with Crippen molar-refractivity contribution in [3.05, 3.63) is 48.0 Å². The molecule has 0 saturated carbocycles. The monoisotopic (exact) mass is 469 g/mol. The molecule has 2 aliphatic heterocycles. The molecule has 4 heterocycles. The van der Waals surface area contributed by atoms with Gasteiger partial charge in [0.1, 0.15) is 0 Å².